The zero-order chi connectivity index (χ0) is 12.0. The SMILES string of the molecule is CC(C)N(C)CCCCNc1cc(N)ns1. The van der Waals surface area contributed by atoms with Crippen LogP contribution in [0.3, 0.4) is 0 Å². The second-order valence-corrected chi connectivity index (χ2v) is 5.13. The Balaban J connectivity index is 2.04. The number of nitrogens with two attached hydrogens (primary N) is 1. The van der Waals surface area contributed by atoms with E-state index in [1.54, 1.807) is 0 Å². The minimum atomic E-state index is 0.604. The van der Waals surface area contributed by atoms with E-state index in [-0.39, 0.29) is 0 Å². The number of rotatable bonds is 7. The van der Waals surface area contributed by atoms with Crippen LogP contribution in [0.15, 0.2) is 6.07 Å². The second kappa shape index (κ2) is 6.70. The Kier molecular flexibility index (Phi) is 5.55. The van der Waals surface area contributed by atoms with E-state index >= 15 is 0 Å². The number of nitrogen functional groups attached to an aromatic ring is 1. The monoisotopic (exact) mass is 242 g/mol. The summed E-state index contributed by atoms with van der Waals surface area (Å²) < 4.78 is 4.02. The molecule has 0 aromatic carbocycles. The molecule has 5 heteroatoms. The molecule has 1 rings (SSSR count). The number of hydrogen-bond acceptors (Lipinski definition) is 5. The van der Waals surface area contributed by atoms with Crippen molar-refractivity contribution >= 4 is 22.4 Å². The van der Waals surface area contributed by atoms with E-state index in [1.807, 2.05) is 6.07 Å². The van der Waals surface area contributed by atoms with E-state index < -0.39 is 0 Å². The molecule has 4 nitrogen and oxygen atoms in total. The van der Waals surface area contributed by atoms with Gasteiger partial charge in [-0.05, 0) is 51.8 Å². The van der Waals surface area contributed by atoms with Gasteiger partial charge in [-0.2, -0.15) is 4.37 Å². The molecular formula is C11H22N4S. The molecule has 0 unspecified atom stereocenters. The van der Waals surface area contributed by atoms with Crippen molar-refractivity contribution in [1.29, 1.82) is 0 Å². The molecule has 0 saturated heterocycles. The van der Waals surface area contributed by atoms with Crippen LogP contribution in [0.2, 0.25) is 0 Å². The van der Waals surface area contributed by atoms with Gasteiger partial charge in [0, 0.05) is 18.7 Å². The fourth-order valence-corrected chi connectivity index (χ4v) is 1.92. The fraction of sp³-hybridized carbons (Fsp3) is 0.727. The first kappa shape index (κ1) is 13.3. The molecule has 16 heavy (non-hydrogen) atoms. The largest absolute Gasteiger partial charge is 0.383 e. The first-order valence-corrected chi connectivity index (χ1v) is 6.53. The molecule has 0 aliphatic rings. The minimum absolute atomic E-state index is 0.604. The third-order valence-corrected chi connectivity index (χ3v) is 3.41. The maximum Gasteiger partial charge on any atom is 0.139 e. The molecule has 1 aromatic rings. The summed E-state index contributed by atoms with van der Waals surface area (Å²) in [6.07, 6.45) is 2.39. The van der Waals surface area contributed by atoms with Crippen LogP contribution in [0, 0.1) is 0 Å². The van der Waals surface area contributed by atoms with E-state index in [2.05, 4.69) is 35.5 Å². The molecule has 0 amide bonds. The van der Waals surface area contributed by atoms with Gasteiger partial charge < -0.3 is 16.0 Å². The van der Waals surface area contributed by atoms with Crippen molar-refractivity contribution in [3.8, 4) is 0 Å². The number of nitrogens with one attached hydrogen (secondary N) is 1. The number of anilines is 2. The van der Waals surface area contributed by atoms with Crippen LogP contribution in [0.25, 0.3) is 0 Å². The zero-order valence-corrected chi connectivity index (χ0v) is 11.2. The molecule has 1 aromatic heterocycles. The lowest BCUT2D eigenvalue weighted by Gasteiger charge is -2.20. The van der Waals surface area contributed by atoms with E-state index in [0.29, 0.717) is 11.9 Å². The summed E-state index contributed by atoms with van der Waals surface area (Å²) in [4.78, 5) is 2.37. The summed E-state index contributed by atoms with van der Waals surface area (Å²) in [5.41, 5.74) is 5.53. The number of unbranched alkanes of at least 4 members (excludes halogenated alkanes) is 1. The molecule has 0 fully saturated rings. The maximum absolute atomic E-state index is 5.53. The lowest BCUT2D eigenvalue weighted by atomic mass is 10.2. The smallest absolute Gasteiger partial charge is 0.139 e. The zero-order valence-electron chi connectivity index (χ0n) is 10.4. The molecule has 0 saturated carbocycles. The Morgan fingerprint density at radius 1 is 1.50 bits per heavy atom. The molecular weight excluding hydrogens is 220 g/mol. The second-order valence-electron chi connectivity index (χ2n) is 4.32. The minimum Gasteiger partial charge on any atom is -0.383 e. The van der Waals surface area contributed by atoms with Crippen molar-refractivity contribution in [2.24, 2.45) is 0 Å². The Labute approximate surface area is 102 Å². The van der Waals surface area contributed by atoms with Gasteiger partial charge in [-0.1, -0.05) is 0 Å². The van der Waals surface area contributed by atoms with Crippen LogP contribution in [0.4, 0.5) is 10.8 Å². The highest BCUT2D eigenvalue weighted by Gasteiger charge is 2.02. The summed E-state index contributed by atoms with van der Waals surface area (Å²) >= 11 is 1.42. The molecule has 1 heterocycles. The fourth-order valence-electron chi connectivity index (χ4n) is 1.33. The molecule has 0 atom stereocenters. The Bertz CT molecular complexity index is 298. The van der Waals surface area contributed by atoms with Gasteiger partial charge in [-0.3, -0.25) is 0 Å². The van der Waals surface area contributed by atoms with Crippen LogP contribution in [0.1, 0.15) is 26.7 Å². The highest BCUT2D eigenvalue weighted by atomic mass is 32.1. The predicted molar refractivity (Wildman–Crippen MR) is 72.0 cm³/mol. The van der Waals surface area contributed by atoms with Crippen molar-refractivity contribution < 1.29 is 0 Å². The Morgan fingerprint density at radius 2 is 2.25 bits per heavy atom. The summed E-state index contributed by atoms with van der Waals surface area (Å²) in [5, 5.41) is 4.39. The number of aromatic nitrogens is 1. The molecule has 0 aliphatic heterocycles. The molecule has 0 spiro atoms. The van der Waals surface area contributed by atoms with Gasteiger partial charge in [0.25, 0.3) is 0 Å². The van der Waals surface area contributed by atoms with E-state index in [9.17, 15) is 0 Å². The quantitative estimate of drug-likeness (QED) is 0.720. The normalized spacial score (nSPS) is 11.3. The standard InChI is InChI=1S/C11H22N4S/c1-9(2)15(3)7-5-4-6-13-11-8-10(12)14-16-11/h8-9,13H,4-7H2,1-3H3,(H2,12,14). The molecule has 92 valence electrons. The topological polar surface area (TPSA) is 54.2 Å². The summed E-state index contributed by atoms with van der Waals surface area (Å²) in [6, 6.07) is 2.51. The van der Waals surface area contributed by atoms with Gasteiger partial charge >= 0.3 is 0 Å². The maximum atomic E-state index is 5.53. The van der Waals surface area contributed by atoms with Gasteiger partial charge in [0.05, 0.1) is 0 Å². The first-order chi connectivity index (χ1) is 7.59. The van der Waals surface area contributed by atoms with Crippen LogP contribution in [-0.2, 0) is 0 Å². The summed E-state index contributed by atoms with van der Waals surface area (Å²) in [6.45, 7) is 6.59. The predicted octanol–water partition coefficient (Wildman–Crippen LogP) is 2.26. The van der Waals surface area contributed by atoms with E-state index in [4.69, 9.17) is 5.73 Å². The summed E-state index contributed by atoms with van der Waals surface area (Å²) in [7, 11) is 2.17. The Morgan fingerprint density at radius 3 is 2.81 bits per heavy atom. The van der Waals surface area contributed by atoms with Crippen molar-refractivity contribution in [3.63, 3.8) is 0 Å². The molecule has 0 bridgehead atoms. The molecule has 3 N–H and O–H groups in total. The van der Waals surface area contributed by atoms with Gasteiger partial charge in [0.15, 0.2) is 0 Å². The lowest BCUT2D eigenvalue weighted by molar-refractivity contribution is 0.269. The third-order valence-electron chi connectivity index (χ3n) is 2.65. The average molecular weight is 242 g/mol. The third kappa shape index (κ3) is 4.81. The van der Waals surface area contributed by atoms with Gasteiger partial charge in [0.2, 0.25) is 0 Å². The van der Waals surface area contributed by atoms with Crippen LogP contribution >= 0.6 is 11.5 Å². The van der Waals surface area contributed by atoms with Crippen molar-refractivity contribution in [2.75, 3.05) is 31.2 Å². The van der Waals surface area contributed by atoms with E-state index in [1.165, 1.54) is 24.4 Å². The molecule has 0 radical (unpaired) electrons. The average Bonchev–Trinajstić information content (AvgIpc) is 2.63. The van der Waals surface area contributed by atoms with Crippen LogP contribution in [-0.4, -0.2) is 35.5 Å². The first-order valence-electron chi connectivity index (χ1n) is 5.76. The summed E-state index contributed by atoms with van der Waals surface area (Å²) in [5.74, 6) is 0.604. The Hall–Kier alpha value is -0.810. The van der Waals surface area contributed by atoms with Crippen molar-refractivity contribution in [2.45, 2.75) is 32.7 Å². The van der Waals surface area contributed by atoms with Gasteiger partial charge in [-0.15, -0.1) is 0 Å². The van der Waals surface area contributed by atoms with Crippen LogP contribution < -0.4 is 11.1 Å². The highest BCUT2D eigenvalue weighted by Crippen LogP contribution is 2.17. The highest BCUT2D eigenvalue weighted by molar-refractivity contribution is 7.10. The van der Waals surface area contributed by atoms with E-state index in [0.717, 1.165) is 18.1 Å². The number of hydrogen-bond donors (Lipinski definition) is 2. The van der Waals surface area contributed by atoms with Crippen molar-refractivity contribution in [3.05, 3.63) is 6.07 Å². The van der Waals surface area contributed by atoms with Crippen molar-refractivity contribution in [1.82, 2.24) is 9.27 Å². The van der Waals surface area contributed by atoms with Crippen LogP contribution in [0.5, 0.6) is 0 Å². The lowest BCUT2D eigenvalue weighted by Crippen LogP contribution is -2.27. The van der Waals surface area contributed by atoms with Gasteiger partial charge in [0.1, 0.15) is 10.8 Å². The molecule has 0 aliphatic carbocycles. The van der Waals surface area contributed by atoms with Gasteiger partial charge in [-0.25, -0.2) is 0 Å². The number of nitrogens with zero attached hydrogens (tertiary/aromatic N) is 2.